The molecule has 1 aromatic carbocycles. The van der Waals surface area contributed by atoms with E-state index in [-0.39, 0.29) is 30.1 Å². The summed E-state index contributed by atoms with van der Waals surface area (Å²) in [4.78, 5) is 26.9. The molecule has 0 bridgehead atoms. The number of nitrogens with zero attached hydrogens (tertiary/aromatic N) is 1. The Hall–Kier alpha value is -2.41. The van der Waals surface area contributed by atoms with Gasteiger partial charge in [0.25, 0.3) is 0 Å². The van der Waals surface area contributed by atoms with Crippen LogP contribution in [0.15, 0.2) is 35.7 Å². The number of carbonyl (C=O) groups excluding carboxylic acids is 2. The monoisotopic (exact) mass is 375 g/mol. The van der Waals surface area contributed by atoms with Crippen molar-refractivity contribution < 1.29 is 14.0 Å². The molecule has 3 rings (SSSR count). The van der Waals surface area contributed by atoms with E-state index in [2.05, 4.69) is 15.5 Å². The number of benzene rings is 1. The number of hydrogen-bond acceptors (Lipinski definition) is 4. The minimum atomic E-state index is -0.390. The fraction of sp³-hybridized carbons (Fsp3) is 0.368. The average Bonchev–Trinajstić information content (AvgIpc) is 3.27. The second-order valence-corrected chi connectivity index (χ2v) is 7.39. The van der Waals surface area contributed by atoms with Gasteiger partial charge in [-0.15, -0.1) is 11.3 Å². The predicted octanol–water partition coefficient (Wildman–Crippen LogP) is 3.69. The van der Waals surface area contributed by atoms with E-state index in [4.69, 9.17) is 0 Å². The van der Waals surface area contributed by atoms with Crippen molar-refractivity contribution in [2.75, 3.05) is 23.3 Å². The van der Waals surface area contributed by atoms with Gasteiger partial charge in [0.05, 0.1) is 12.5 Å². The number of nitrogens with one attached hydrogen (secondary N) is 2. The van der Waals surface area contributed by atoms with Crippen LogP contribution in [0.4, 0.5) is 15.8 Å². The van der Waals surface area contributed by atoms with Crippen LogP contribution >= 0.6 is 11.3 Å². The second kappa shape index (κ2) is 8.31. The molecule has 5 nitrogen and oxygen atoms in total. The fourth-order valence-corrected chi connectivity index (χ4v) is 3.94. The lowest BCUT2D eigenvalue weighted by Crippen LogP contribution is -2.29. The highest BCUT2D eigenvalue weighted by Crippen LogP contribution is 2.26. The molecule has 0 spiro atoms. The fourth-order valence-electron chi connectivity index (χ4n) is 3.16. The number of rotatable bonds is 6. The van der Waals surface area contributed by atoms with Gasteiger partial charge >= 0.3 is 0 Å². The van der Waals surface area contributed by atoms with Gasteiger partial charge < -0.3 is 15.5 Å². The molecule has 1 saturated heterocycles. The quantitative estimate of drug-likeness (QED) is 0.809. The highest BCUT2D eigenvalue weighted by Gasteiger charge is 2.19. The number of hydrogen-bond donors (Lipinski definition) is 2. The lowest BCUT2D eigenvalue weighted by molar-refractivity contribution is -0.120. The largest absolute Gasteiger partial charge is 0.371 e. The van der Waals surface area contributed by atoms with Gasteiger partial charge in [-0.05, 0) is 42.5 Å². The van der Waals surface area contributed by atoms with Gasteiger partial charge in [0, 0.05) is 36.3 Å². The van der Waals surface area contributed by atoms with E-state index in [1.54, 1.807) is 6.07 Å². The minimum absolute atomic E-state index is 0.0929. The van der Waals surface area contributed by atoms with Crippen LogP contribution in [0.25, 0.3) is 0 Å². The van der Waals surface area contributed by atoms with Crippen LogP contribution in [0, 0.1) is 5.82 Å². The maximum atomic E-state index is 14.0. The Morgan fingerprint density at radius 1 is 1.27 bits per heavy atom. The van der Waals surface area contributed by atoms with Gasteiger partial charge in [-0.2, -0.15) is 0 Å². The summed E-state index contributed by atoms with van der Waals surface area (Å²) in [5.41, 5.74) is 1.22. The van der Waals surface area contributed by atoms with E-state index in [1.807, 2.05) is 17.5 Å². The van der Waals surface area contributed by atoms with Crippen molar-refractivity contribution in [3.05, 3.63) is 46.4 Å². The maximum absolute atomic E-state index is 14.0. The highest BCUT2D eigenvalue weighted by molar-refractivity contribution is 7.10. The highest BCUT2D eigenvalue weighted by atomic mass is 32.1. The molecule has 1 aliphatic rings. The Bertz CT molecular complexity index is 773. The van der Waals surface area contributed by atoms with Crippen molar-refractivity contribution in [1.82, 2.24) is 5.32 Å². The summed E-state index contributed by atoms with van der Waals surface area (Å²) >= 11 is 1.48. The standard InChI is InChI=1S/C19H22FN3O2S/c1-13(24)21-17(18-5-4-8-26-18)12-19(25)22-15-9-14(20)10-16(11-15)23-6-2-3-7-23/h4-5,8-11,17H,2-3,6-7,12H2,1H3,(H,21,24)(H,22,25)/t17-/m0/s1. The Morgan fingerprint density at radius 3 is 2.69 bits per heavy atom. The molecule has 2 amide bonds. The van der Waals surface area contributed by atoms with Crippen molar-refractivity contribution in [2.45, 2.75) is 32.2 Å². The lowest BCUT2D eigenvalue weighted by Gasteiger charge is -2.19. The normalized spacial score (nSPS) is 14.9. The van der Waals surface area contributed by atoms with Gasteiger partial charge in [-0.3, -0.25) is 9.59 Å². The van der Waals surface area contributed by atoms with Crippen molar-refractivity contribution >= 4 is 34.5 Å². The van der Waals surface area contributed by atoms with E-state index in [0.717, 1.165) is 36.5 Å². The summed E-state index contributed by atoms with van der Waals surface area (Å²) in [6.07, 6.45) is 2.28. The van der Waals surface area contributed by atoms with E-state index in [9.17, 15) is 14.0 Å². The molecule has 138 valence electrons. The van der Waals surface area contributed by atoms with Crippen LogP contribution in [0.2, 0.25) is 0 Å². The minimum Gasteiger partial charge on any atom is -0.371 e. The third-order valence-corrected chi connectivity index (χ3v) is 5.28. The van der Waals surface area contributed by atoms with Crippen molar-refractivity contribution in [2.24, 2.45) is 0 Å². The predicted molar refractivity (Wildman–Crippen MR) is 102 cm³/mol. The summed E-state index contributed by atoms with van der Waals surface area (Å²) in [5.74, 6) is -0.838. The molecule has 1 aromatic heterocycles. The first-order valence-corrected chi connectivity index (χ1v) is 9.55. The summed E-state index contributed by atoms with van der Waals surface area (Å²) < 4.78 is 14.0. The third kappa shape index (κ3) is 4.82. The zero-order chi connectivity index (χ0) is 18.5. The Balaban J connectivity index is 1.69. The first-order chi connectivity index (χ1) is 12.5. The molecular weight excluding hydrogens is 353 g/mol. The Kier molecular flexibility index (Phi) is 5.88. The van der Waals surface area contributed by atoms with Crippen LogP contribution in [0.1, 0.15) is 37.1 Å². The van der Waals surface area contributed by atoms with Gasteiger partial charge in [0.2, 0.25) is 11.8 Å². The summed E-state index contributed by atoms with van der Waals surface area (Å²) in [6, 6.07) is 7.97. The molecule has 26 heavy (non-hydrogen) atoms. The topological polar surface area (TPSA) is 61.4 Å². The molecule has 2 aromatic rings. The van der Waals surface area contributed by atoms with Gasteiger partial charge in [-0.1, -0.05) is 6.07 Å². The molecule has 0 aliphatic carbocycles. The zero-order valence-corrected chi connectivity index (χ0v) is 15.4. The summed E-state index contributed by atoms with van der Waals surface area (Å²) in [6.45, 7) is 3.23. The van der Waals surface area contributed by atoms with Crippen LogP contribution in [0.5, 0.6) is 0 Å². The zero-order valence-electron chi connectivity index (χ0n) is 14.6. The smallest absolute Gasteiger partial charge is 0.226 e. The third-order valence-electron chi connectivity index (χ3n) is 4.29. The average molecular weight is 375 g/mol. The number of halogens is 1. The van der Waals surface area contributed by atoms with E-state index < -0.39 is 0 Å². The molecule has 1 atom stereocenters. The second-order valence-electron chi connectivity index (χ2n) is 6.41. The molecule has 7 heteroatoms. The molecule has 1 fully saturated rings. The summed E-state index contributed by atoms with van der Waals surface area (Å²) in [7, 11) is 0. The van der Waals surface area contributed by atoms with Crippen LogP contribution in [-0.4, -0.2) is 24.9 Å². The Morgan fingerprint density at radius 2 is 2.04 bits per heavy atom. The first kappa shape index (κ1) is 18.4. The van der Waals surface area contributed by atoms with Crippen LogP contribution in [0.3, 0.4) is 0 Å². The summed E-state index contributed by atoms with van der Waals surface area (Å²) in [5, 5.41) is 7.45. The molecule has 1 aliphatic heterocycles. The molecule has 0 unspecified atom stereocenters. The molecule has 2 heterocycles. The molecule has 2 N–H and O–H groups in total. The van der Waals surface area contributed by atoms with Crippen LogP contribution in [-0.2, 0) is 9.59 Å². The van der Waals surface area contributed by atoms with Gasteiger partial charge in [0.1, 0.15) is 5.82 Å². The maximum Gasteiger partial charge on any atom is 0.226 e. The van der Waals surface area contributed by atoms with Crippen molar-refractivity contribution in [3.63, 3.8) is 0 Å². The van der Waals surface area contributed by atoms with Crippen molar-refractivity contribution in [3.8, 4) is 0 Å². The SMILES string of the molecule is CC(=O)N[C@@H](CC(=O)Nc1cc(F)cc(N2CCCC2)c1)c1cccs1. The van der Waals surface area contributed by atoms with E-state index in [1.165, 1.54) is 30.4 Å². The molecule has 0 saturated carbocycles. The first-order valence-electron chi connectivity index (χ1n) is 8.67. The number of carbonyl (C=O) groups is 2. The number of thiophene rings is 1. The van der Waals surface area contributed by atoms with E-state index >= 15 is 0 Å². The van der Waals surface area contributed by atoms with Gasteiger partial charge in [0.15, 0.2) is 0 Å². The lowest BCUT2D eigenvalue weighted by atomic mass is 10.1. The number of amides is 2. The van der Waals surface area contributed by atoms with Crippen molar-refractivity contribution in [1.29, 1.82) is 0 Å². The molecular formula is C19H22FN3O2S. The van der Waals surface area contributed by atoms with E-state index in [0.29, 0.717) is 5.69 Å². The Labute approximate surface area is 156 Å². The molecule has 0 radical (unpaired) electrons. The number of anilines is 2. The van der Waals surface area contributed by atoms with Gasteiger partial charge in [-0.25, -0.2) is 4.39 Å². The van der Waals surface area contributed by atoms with Crippen LogP contribution < -0.4 is 15.5 Å².